The number of hydrogen-bond acceptors (Lipinski definition) is 7. The number of hydrogen-bond donors (Lipinski definition) is 0. The van der Waals surface area contributed by atoms with E-state index in [2.05, 4.69) is 4.99 Å². The first kappa shape index (κ1) is 27.4. The SMILES string of the molecule is COCCn1c(=NC(=O)c2ccc(S(=O)(=O)N(C)Cc3ccccc3)cc2)sc2cc(C(=O)OC)ccc21. The monoisotopic (exact) mass is 553 g/mol. The molecule has 4 rings (SSSR count). The van der Waals surface area contributed by atoms with Crippen LogP contribution >= 0.6 is 11.3 Å². The molecule has 1 aromatic heterocycles. The van der Waals surface area contributed by atoms with Crippen LogP contribution in [0.1, 0.15) is 26.3 Å². The summed E-state index contributed by atoms with van der Waals surface area (Å²) in [7, 11) is 0.667. The summed E-state index contributed by atoms with van der Waals surface area (Å²) < 4.78 is 39.9. The Hall–Kier alpha value is -3.64. The largest absolute Gasteiger partial charge is 0.465 e. The van der Waals surface area contributed by atoms with Gasteiger partial charge in [-0.15, -0.1) is 0 Å². The molecule has 0 aliphatic carbocycles. The number of aromatic nitrogens is 1. The van der Waals surface area contributed by atoms with Crippen molar-refractivity contribution in [2.45, 2.75) is 18.0 Å². The van der Waals surface area contributed by atoms with Gasteiger partial charge in [0.1, 0.15) is 0 Å². The fourth-order valence-electron chi connectivity index (χ4n) is 3.83. The van der Waals surface area contributed by atoms with Gasteiger partial charge in [0.05, 0.1) is 34.4 Å². The van der Waals surface area contributed by atoms with E-state index in [4.69, 9.17) is 9.47 Å². The summed E-state index contributed by atoms with van der Waals surface area (Å²) in [6, 6.07) is 20.2. The molecule has 0 fully saturated rings. The van der Waals surface area contributed by atoms with E-state index in [-0.39, 0.29) is 17.0 Å². The molecule has 0 spiro atoms. The van der Waals surface area contributed by atoms with Crippen LogP contribution in [0.2, 0.25) is 0 Å². The molecule has 9 nitrogen and oxygen atoms in total. The Balaban J connectivity index is 1.62. The summed E-state index contributed by atoms with van der Waals surface area (Å²) in [5, 5.41) is 0. The molecule has 0 radical (unpaired) electrons. The Morgan fingerprint density at radius 2 is 1.66 bits per heavy atom. The highest BCUT2D eigenvalue weighted by Crippen LogP contribution is 2.21. The number of nitrogens with zero attached hydrogens (tertiary/aromatic N) is 3. The predicted molar refractivity (Wildman–Crippen MR) is 144 cm³/mol. The van der Waals surface area contributed by atoms with E-state index >= 15 is 0 Å². The second-order valence-electron chi connectivity index (χ2n) is 8.39. The van der Waals surface area contributed by atoms with Crippen LogP contribution in [-0.4, -0.2) is 57.0 Å². The minimum atomic E-state index is -3.75. The van der Waals surface area contributed by atoms with Crippen molar-refractivity contribution in [1.82, 2.24) is 8.87 Å². The first-order chi connectivity index (χ1) is 18.2. The molecule has 1 amide bonds. The third-order valence-corrected chi connectivity index (χ3v) is 8.74. The molecular formula is C27H27N3O6S2. The highest BCUT2D eigenvalue weighted by atomic mass is 32.2. The van der Waals surface area contributed by atoms with Crippen LogP contribution < -0.4 is 4.80 Å². The van der Waals surface area contributed by atoms with Gasteiger partial charge < -0.3 is 14.0 Å². The summed E-state index contributed by atoms with van der Waals surface area (Å²) in [6.45, 7) is 1.07. The van der Waals surface area contributed by atoms with E-state index in [0.29, 0.717) is 23.5 Å². The fraction of sp³-hybridized carbons (Fsp3) is 0.222. The molecule has 11 heteroatoms. The van der Waals surface area contributed by atoms with E-state index in [1.807, 2.05) is 34.9 Å². The van der Waals surface area contributed by atoms with Crippen LogP contribution in [0, 0.1) is 0 Å². The third-order valence-electron chi connectivity index (χ3n) is 5.88. The molecule has 0 unspecified atom stereocenters. The number of benzene rings is 3. The number of esters is 1. The third kappa shape index (κ3) is 5.91. The average Bonchev–Trinajstić information content (AvgIpc) is 3.27. The van der Waals surface area contributed by atoms with Crippen molar-refractivity contribution in [3.05, 3.63) is 94.3 Å². The molecule has 1 heterocycles. The topological polar surface area (TPSA) is 107 Å². The summed E-state index contributed by atoms with van der Waals surface area (Å²) in [6.07, 6.45) is 0. The lowest BCUT2D eigenvalue weighted by atomic mass is 10.2. The maximum atomic E-state index is 13.0. The number of carbonyl (C=O) groups excluding carboxylic acids is 2. The summed E-state index contributed by atoms with van der Waals surface area (Å²) in [5.41, 5.74) is 2.31. The molecule has 38 heavy (non-hydrogen) atoms. The van der Waals surface area contributed by atoms with E-state index in [1.54, 1.807) is 25.3 Å². The molecule has 0 aliphatic rings. The van der Waals surface area contributed by atoms with Crippen LogP contribution in [0.25, 0.3) is 10.2 Å². The van der Waals surface area contributed by atoms with Crippen LogP contribution in [0.15, 0.2) is 82.7 Å². The second kappa shape index (κ2) is 11.8. The molecule has 0 saturated heterocycles. The lowest BCUT2D eigenvalue weighted by Crippen LogP contribution is -2.26. The number of thiazole rings is 1. The van der Waals surface area contributed by atoms with Crippen LogP contribution in [0.4, 0.5) is 0 Å². The first-order valence-electron chi connectivity index (χ1n) is 11.6. The molecule has 0 saturated carbocycles. The van der Waals surface area contributed by atoms with Gasteiger partial charge in [0.15, 0.2) is 4.80 Å². The van der Waals surface area contributed by atoms with Gasteiger partial charge in [-0.1, -0.05) is 41.7 Å². The van der Waals surface area contributed by atoms with Crippen molar-refractivity contribution in [2.75, 3.05) is 27.9 Å². The second-order valence-corrected chi connectivity index (χ2v) is 11.4. The Morgan fingerprint density at radius 3 is 2.32 bits per heavy atom. The minimum absolute atomic E-state index is 0.0832. The van der Waals surface area contributed by atoms with E-state index < -0.39 is 21.9 Å². The lowest BCUT2D eigenvalue weighted by Gasteiger charge is -2.17. The zero-order valence-electron chi connectivity index (χ0n) is 21.2. The molecule has 0 bridgehead atoms. The number of rotatable bonds is 9. The normalized spacial score (nSPS) is 12.3. The standard InChI is InChI=1S/C27H27N3O6S2/c1-29(18-19-7-5-4-6-8-19)38(33,34)22-12-9-20(10-13-22)25(31)28-27-30(15-16-35-2)23-14-11-21(26(32)36-3)17-24(23)37-27/h4-14,17H,15-16,18H2,1-3H3. The van der Waals surface area contributed by atoms with Crippen LogP contribution in [-0.2, 0) is 32.6 Å². The molecule has 4 aromatic rings. The molecule has 0 aliphatic heterocycles. The van der Waals surface area contributed by atoms with Gasteiger partial charge in [-0.2, -0.15) is 9.30 Å². The maximum absolute atomic E-state index is 13.0. The fourth-order valence-corrected chi connectivity index (χ4v) is 6.08. The number of sulfonamides is 1. The van der Waals surface area contributed by atoms with Crippen LogP contribution in [0.5, 0.6) is 0 Å². The minimum Gasteiger partial charge on any atom is -0.465 e. The zero-order valence-corrected chi connectivity index (χ0v) is 22.8. The molecule has 0 atom stereocenters. The summed E-state index contributed by atoms with van der Waals surface area (Å²) >= 11 is 1.26. The molecule has 198 valence electrons. The van der Waals surface area contributed by atoms with Gasteiger partial charge in [0, 0.05) is 32.8 Å². The van der Waals surface area contributed by atoms with Crippen molar-refractivity contribution in [3.8, 4) is 0 Å². The number of amides is 1. The van der Waals surface area contributed by atoms with Gasteiger partial charge in [-0.3, -0.25) is 4.79 Å². The van der Waals surface area contributed by atoms with Crippen molar-refractivity contribution in [3.63, 3.8) is 0 Å². The number of fused-ring (bicyclic) bond motifs is 1. The van der Waals surface area contributed by atoms with Crippen molar-refractivity contribution < 1.29 is 27.5 Å². The van der Waals surface area contributed by atoms with Crippen molar-refractivity contribution >= 4 is 43.5 Å². The summed E-state index contributed by atoms with van der Waals surface area (Å²) in [5.74, 6) is -0.972. The Labute approximate surface area is 224 Å². The number of carbonyl (C=O) groups is 2. The average molecular weight is 554 g/mol. The van der Waals surface area contributed by atoms with Gasteiger partial charge in [-0.05, 0) is 48.0 Å². The van der Waals surface area contributed by atoms with E-state index in [9.17, 15) is 18.0 Å². The molecule has 3 aromatic carbocycles. The van der Waals surface area contributed by atoms with Crippen molar-refractivity contribution in [1.29, 1.82) is 0 Å². The molecular weight excluding hydrogens is 526 g/mol. The zero-order chi connectivity index (χ0) is 27.3. The van der Waals surface area contributed by atoms with Crippen LogP contribution in [0.3, 0.4) is 0 Å². The van der Waals surface area contributed by atoms with E-state index in [0.717, 1.165) is 15.8 Å². The van der Waals surface area contributed by atoms with Gasteiger partial charge in [-0.25, -0.2) is 13.2 Å². The van der Waals surface area contributed by atoms with Crippen molar-refractivity contribution in [2.24, 2.45) is 4.99 Å². The highest BCUT2D eigenvalue weighted by Gasteiger charge is 2.21. The Bertz CT molecular complexity index is 1630. The highest BCUT2D eigenvalue weighted by molar-refractivity contribution is 7.89. The maximum Gasteiger partial charge on any atom is 0.337 e. The smallest absolute Gasteiger partial charge is 0.337 e. The van der Waals surface area contributed by atoms with E-state index in [1.165, 1.54) is 54.1 Å². The Kier molecular flexibility index (Phi) is 8.52. The summed E-state index contributed by atoms with van der Waals surface area (Å²) in [4.78, 5) is 29.8. The Morgan fingerprint density at radius 1 is 0.974 bits per heavy atom. The first-order valence-corrected chi connectivity index (χ1v) is 13.9. The predicted octanol–water partition coefficient (Wildman–Crippen LogP) is 3.70. The molecule has 0 N–H and O–H groups in total. The van der Waals surface area contributed by atoms with Gasteiger partial charge >= 0.3 is 5.97 Å². The van der Waals surface area contributed by atoms with Gasteiger partial charge in [0.2, 0.25) is 10.0 Å². The number of methoxy groups -OCH3 is 2. The number of ether oxygens (including phenoxy) is 2. The quantitative estimate of drug-likeness (QED) is 0.293. The lowest BCUT2D eigenvalue weighted by molar-refractivity contribution is 0.0600. The van der Waals surface area contributed by atoms with Gasteiger partial charge in [0.25, 0.3) is 5.91 Å².